The van der Waals surface area contributed by atoms with E-state index in [1.54, 1.807) is 12.1 Å². The van der Waals surface area contributed by atoms with Crippen molar-refractivity contribution in [2.24, 2.45) is 0 Å². The van der Waals surface area contributed by atoms with Gasteiger partial charge in [0, 0.05) is 0 Å². The molecule has 0 amide bonds. The Hall–Kier alpha value is -1.34. The lowest BCUT2D eigenvalue weighted by Gasteiger charge is -2.43. The van der Waals surface area contributed by atoms with Crippen molar-refractivity contribution in [2.75, 3.05) is 72.7 Å². The Morgan fingerprint density at radius 1 is 0.719 bits per heavy atom. The smallest absolute Gasteiger partial charge is 0.229 e. The fourth-order valence-corrected chi connectivity index (χ4v) is 3.38. The van der Waals surface area contributed by atoms with Crippen molar-refractivity contribution >= 4 is 0 Å². The maximum Gasteiger partial charge on any atom is 0.229 e. The van der Waals surface area contributed by atoms with Crippen LogP contribution < -0.4 is 4.74 Å². The molecule has 10 heteroatoms. The van der Waals surface area contributed by atoms with E-state index in [0.29, 0.717) is 58.6 Å². The molecule has 32 heavy (non-hydrogen) atoms. The molecule has 0 unspecified atom stereocenters. The lowest BCUT2D eigenvalue weighted by atomic mass is 9.98. The summed E-state index contributed by atoms with van der Waals surface area (Å²) in [5, 5.41) is 20.5. The van der Waals surface area contributed by atoms with Crippen LogP contribution in [0.2, 0.25) is 0 Å². The normalized spacial score (nSPS) is 32.2. The fraction of sp³-hybridized carbons (Fsp3) is 0.727. The molecule has 1 aromatic carbocycles. The van der Waals surface area contributed by atoms with Gasteiger partial charge in [-0.1, -0.05) is 18.2 Å². The summed E-state index contributed by atoms with van der Waals surface area (Å²) in [5.41, 5.74) is 0. The Labute approximate surface area is 188 Å². The molecule has 0 bridgehead atoms. The van der Waals surface area contributed by atoms with Crippen LogP contribution in [0.15, 0.2) is 30.3 Å². The van der Waals surface area contributed by atoms with Crippen LogP contribution in [-0.2, 0) is 33.2 Å². The Balaban J connectivity index is 1.67. The average molecular weight is 459 g/mol. The molecule has 0 aromatic heterocycles. The van der Waals surface area contributed by atoms with Gasteiger partial charge in [0.25, 0.3) is 0 Å². The number of fused-ring (bicyclic) bond motifs is 1. The van der Waals surface area contributed by atoms with Crippen molar-refractivity contribution in [1.29, 1.82) is 0 Å². The summed E-state index contributed by atoms with van der Waals surface area (Å²) in [6.07, 6.45) is -4.43. The van der Waals surface area contributed by atoms with Crippen molar-refractivity contribution in [2.45, 2.75) is 30.7 Å². The molecule has 0 aliphatic carbocycles. The predicted molar refractivity (Wildman–Crippen MR) is 112 cm³/mol. The van der Waals surface area contributed by atoms with Crippen LogP contribution >= 0.6 is 0 Å². The van der Waals surface area contributed by atoms with E-state index in [9.17, 15) is 10.2 Å². The highest BCUT2D eigenvalue weighted by atomic mass is 16.7. The summed E-state index contributed by atoms with van der Waals surface area (Å²) in [7, 11) is 0. The van der Waals surface area contributed by atoms with Gasteiger partial charge in [-0.25, -0.2) is 0 Å². The molecule has 2 N–H and O–H groups in total. The number of rotatable bonds is 3. The molecule has 1 aromatic rings. The average Bonchev–Trinajstić information content (AvgIpc) is 2.81. The van der Waals surface area contributed by atoms with Gasteiger partial charge < -0.3 is 48.1 Å². The Morgan fingerprint density at radius 3 is 1.75 bits per heavy atom. The van der Waals surface area contributed by atoms with Crippen LogP contribution in [0.25, 0.3) is 0 Å². The lowest BCUT2D eigenvalue weighted by Crippen LogP contribution is -2.62. The van der Waals surface area contributed by atoms with Crippen molar-refractivity contribution in [3.63, 3.8) is 0 Å². The highest BCUT2D eigenvalue weighted by Crippen LogP contribution is 2.28. The fourth-order valence-electron chi connectivity index (χ4n) is 3.38. The van der Waals surface area contributed by atoms with Gasteiger partial charge in [0.1, 0.15) is 30.2 Å². The molecule has 3 rings (SSSR count). The van der Waals surface area contributed by atoms with Gasteiger partial charge in [0.05, 0.1) is 72.7 Å². The van der Waals surface area contributed by atoms with Crippen molar-refractivity contribution in [3.8, 4) is 5.75 Å². The van der Waals surface area contributed by atoms with Crippen LogP contribution in [0.5, 0.6) is 5.75 Å². The first-order valence-corrected chi connectivity index (χ1v) is 11.0. The summed E-state index contributed by atoms with van der Waals surface area (Å²) in [6.45, 7) is 3.43. The van der Waals surface area contributed by atoms with E-state index in [4.69, 9.17) is 37.9 Å². The summed E-state index contributed by atoms with van der Waals surface area (Å²) in [4.78, 5) is 0. The summed E-state index contributed by atoms with van der Waals surface area (Å²) in [6, 6.07) is 9.13. The molecule has 2 aliphatic rings. The van der Waals surface area contributed by atoms with Crippen molar-refractivity contribution in [3.05, 3.63) is 30.3 Å². The second-order valence-electron chi connectivity index (χ2n) is 7.27. The zero-order chi connectivity index (χ0) is 22.4. The molecule has 2 fully saturated rings. The molecular weight excluding hydrogens is 424 g/mol. The molecule has 5 atom stereocenters. The Bertz CT molecular complexity index is 604. The van der Waals surface area contributed by atoms with Crippen LogP contribution in [0, 0.1) is 0 Å². The Kier molecular flexibility index (Phi) is 11.6. The van der Waals surface area contributed by atoms with E-state index in [0.717, 1.165) is 0 Å². The van der Waals surface area contributed by atoms with Gasteiger partial charge in [0.2, 0.25) is 6.29 Å². The highest BCUT2D eigenvalue weighted by molar-refractivity contribution is 5.21. The third-order valence-corrected chi connectivity index (χ3v) is 4.99. The number of hydrogen-bond acceptors (Lipinski definition) is 10. The number of benzene rings is 1. The van der Waals surface area contributed by atoms with Gasteiger partial charge in [-0.3, -0.25) is 0 Å². The van der Waals surface area contributed by atoms with Crippen LogP contribution in [0.1, 0.15) is 0 Å². The van der Waals surface area contributed by atoms with Gasteiger partial charge in [-0.05, 0) is 12.1 Å². The molecular formula is C22H34O10. The molecule has 2 heterocycles. The second kappa shape index (κ2) is 14.7. The molecule has 182 valence electrons. The van der Waals surface area contributed by atoms with Crippen LogP contribution in [0.3, 0.4) is 0 Å². The molecule has 0 radical (unpaired) electrons. The van der Waals surface area contributed by atoms with E-state index >= 15 is 0 Å². The topological polar surface area (TPSA) is 114 Å². The SMILES string of the molecule is OC[C@H]1O[C@@H](Oc2ccccc2)[C@@H]2OCCOCCOCCOCCOCCO[C@H]2[C@@H]1O. The third kappa shape index (κ3) is 8.22. The summed E-state index contributed by atoms with van der Waals surface area (Å²) < 4.78 is 45.7. The van der Waals surface area contributed by atoms with E-state index < -0.39 is 30.7 Å². The van der Waals surface area contributed by atoms with Gasteiger partial charge in [0.15, 0.2) is 0 Å². The standard InChI is InChI=1S/C22H34O10/c23-16-18-19(24)20-21(22(32-18)31-17-4-2-1-3-5-17)30-15-13-28-11-9-26-7-6-25-8-10-27-12-14-29-20/h1-5,18-24H,6-16H2/t18-,19-,20+,21-,22-/m1/s1. The number of aliphatic hydroxyl groups is 2. The van der Waals surface area contributed by atoms with Crippen molar-refractivity contribution < 1.29 is 48.1 Å². The van der Waals surface area contributed by atoms with E-state index in [2.05, 4.69) is 0 Å². The maximum absolute atomic E-state index is 10.7. The molecule has 2 saturated heterocycles. The van der Waals surface area contributed by atoms with Gasteiger partial charge >= 0.3 is 0 Å². The first-order chi connectivity index (χ1) is 15.8. The summed E-state index contributed by atoms with van der Waals surface area (Å²) in [5.74, 6) is 0.573. The van der Waals surface area contributed by atoms with E-state index in [1.807, 2.05) is 18.2 Å². The molecule has 10 nitrogen and oxygen atoms in total. The molecule has 2 aliphatic heterocycles. The van der Waals surface area contributed by atoms with Crippen LogP contribution in [-0.4, -0.2) is 114 Å². The van der Waals surface area contributed by atoms with Gasteiger partial charge in [-0.2, -0.15) is 0 Å². The second-order valence-corrected chi connectivity index (χ2v) is 7.27. The number of aliphatic hydroxyl groups excluding tert-OH is 2. The monoisotopic (exact) mass is 458 g/mol. The van der Waals surface area contributed by atoms with Crippen molar-refractivity contribution in [1.82, 2.24) is 0 Å². The van der Waals surface area contributed by atoms with E-state index in [1.165, 1.54) is 0 Å². The first-order valence-electron chi connectivity index (χ1n) is 11.0. The van der Waals surface area contributed by atoms with Crippen LogP contribution in [0.4, 0.5) is 0 Å². The number of ether oxygens (including phenoxy) is 8. The third-order valence-electron chi connectivity index (χ3n) is 4.99. The minimum atomic E-state index is -1.11. The highest BCUT2D eigenvalue weighted by Gasteiger charge is 2.48. The summed E-state index contributed by atoms with van der Waals surface area (Å²) >= 11 is 0. The minimum absolute atomic E-state index is 0.220. The van der Waals surface area contributed by atoms with E-state index in [-0.39, 0.29) is 19.8 Å². The molecule has 0 saturated carbocycles. The van der Waals surface area contributed by atoms with Gasteiger partial charge in [-0.15, -0.1) is 0 Å². The Morgan fingerprint density at radius 2 is 1.22 bits per heavy atom. The molecule has 0 spiro atoms. The zero-order valence-corrected chi connectivity index (χ0v) is 18.2. The zero-order valence-electron chi connectivity index (χ0n) is 18.2. The quantitative estimate of drug-likeness (QED) is 0.641. The largest absolute Gasteiger partial charge is 0.462 e. The minimum Gasteiger partial charge on any atom is -0.462 e. The predicted octanol–water partition coefficient (Wildman–Crippen LogP) is -0.00610. The first kappa shape index (κ1) is 25.3. The number of hydrogen-bond donors (Lipinski definition) is 2. The lowest BCUT2D eigenvalue weighted by molar-refractivity contribution is -0.297. The maximum atomic E-state index is 10.7. The number of para-hydroxylation sites is 1.